The van der Waals surface area contributed by atoms with Crippen molar-refractivity contribution in [1.29, 1.82) is 5.26 Å². The Hall–Kier alpha value is -4.08. The number of aromatic nitrogens is 1. The fourth-order valence-corrected chi connectivity index (χ4v) is 4.01. The van der Waals surface area contributed by atoms with Crippen LogP contribution in [0.5, 0.6) is 11.5 Å². The number of hydrogen-bond acceptors (Lipinski definition) is 5. The van der Waals surface area contributed by atoms with Gasteiger partial charge in [0.1, 0.15) is 22.6 Å². The maximum absolute atomic E-state index is 12.4. The number of carbonyl (C=O) groups excluding carboxylic acids is 1. The maximum Gasteiger partial charge on any atom is 0.225 e. The van der Waals surface area contributed by atoms with Crippen molar-refractivity contribution in [2.45, 2.75) is 11.4 Å². The first-order valence-electron chi connectivity index (χ1n) is 10.4. The highest BCUT2D eigenvalue weighted by Gasteiger charge is 2.10. The van der Waals surface area contributed by atoms with E-state index in [0.717, 1.165) is 17.0 Å². The molecule has 1 N–H and O–H groups in total. The van der Waals surface area contributed by atoms with Crippen LogP contribution in [0, 0.1) is 11.3 Å². The Labute approximate surface area is 197 Å². The number of nitriles is 1. The minimum atomic E-state index is -0.100. The Morgan fingerprint density at radius 1 is 0.879 bits per heavy atom. The number of nitrogens with zero attached hydrogens (tertiary/aromatic N) is 2. The van der Waals surface area contributed by atoms with Gasteiger partial charge in [-0.05, 0) is 48.5 Å². The van der Waals surface area contributed by atoms with Gasteiger partial charge in [0.25, 0.3) is 0 Å². The first-order valence-corrected chi connectivity index (χ1v) is 11.4. The summed E-state index contributed by atoms with van der Waals surface area (Å²) < 4.78 is 5.77. The minimum absolute atomic E-state index is 0.100. The van der Waals surface area contributed by atoms with Crippen molar-refractivity contribution in [2.75, 3.05) is 11.1 Å². The van der Waals surface area contributed by atoms with E-state index < -0.39 is 0 Å². The van der Waals surface area contributed by atoms with Gasteiger partial charge in [-0.3, -0.25) is 4.79 Å². The summed E-state index contributed by atoms with van der Waals surface area (Å²) in [5, 5.41) is 12.9. The molecule has 0 aliphatic carbocycles. The van der Waals surface area contributed by atoms with Gasteiger partial charge in [0, 0.05) is 23.4 Å². The molecule has 0 unspecified atom stereocenters. The number of rotatable bonds is 8. The molecule has 0 bridgehead atoms. The topological polar surface area (TPSA) is 75.0 Å². The Balaban J connectivity index is 1.31. The lowest BCUT2D eigenvalue weighted by Crippen LogP contribution is -2.12. The van der Waals surface area contributed by atoms with Crippen molar-refractivity contribution in [3.05, 3.63) is 103 Å². The third kappa shape index (κ3) is 6.22. The number of ether oxygens (including phenoxy) is 1. The molecule has 3 aromatic carbocycles. The van der Waals surface area contributed by atoms with E-state index in [2.05, 4.69) is 16.4 Å². The summed E-state index contributed by atoms with van der Waals surface area (Å²) in [6.07, 6.45) is 0.301. The van der Waals surface area contributed by atoms with E-state index in [4.69, 9.17) is 4.74 Å². The number of pyridine rings is 1. The van der Waals surface area contributed by atoms with E-state index in [1.54, 1.807) is 6.07 Å². The number of para-hydroxylation sites is 1. The van der Waals surface area contributed by atoms with Crippen molar-refractivity contribution in [1.82, 2.24) is 4.98 Å². The fraction of sp³-hybridized carbons (Fsp3) is 0.0741. The van der Waals surface area contributed by atoms with Gasteiger partial charge < -0.3 is 10.1 Å². The second-order valence-electron chi connectivity index (χ2n) is 7.11. The van der Waals surface area contributed by atoms with E-state index in [1.807, 2.05) is 91.0 Å². The normalized spacial score (nSPS) is 10.3. The summed E-state index contributed by atoms with van der Waals surface area (Å²) in [6, 6.07) is 32.4. The second-order valence-corrected chi connectivity index (χ2v) is 8.20. The van der Waals surface area contributed by atoms with Gasteiger partial charge in [-0.25, -0.2) is 4.98 Å². The van der Waals surface area contributed by atoms with Crippen LogP contribution in [0.1, 0.15) is 12.0 Å². The standard InChI is InChI=1S/C27H21N3O2S/c28-19-21-11-16-25(20-7-3-1-4-8-20)30-27(21)33-18-17-26(31)29-22-12-14-24(15-13-22)32-23-9-5-2-6-10-23/h1-16H,17-18H2,(H,29,31). The van der Waals surface area contributed by atoms with Gasteiger partial charge in [0.05, 0.1) is 11.3 Å². The van der Waals surface area contributed by atoms with E-state index in [9.17, 15) is 10.1 Å². The molecule has 0 atom stereocenters. The molecular weight excluding hydrogens is 430 g/mol. The highest BCUT2D eigenvalue weighted by atomic mass is 32.2. The predicted molar refractivity (Wildman–Crippen MR) is 131 cm³/mol. The zero-order valence-electron chi connectivity index (χ0n) is 17.8. The third-order valence-corrected chi connectivity index (χ3v) is 5.73. The molecule has 33 heavy (non-hydrogen) atoms. The Kier molecular flexibility index (Phi) is 7.36. The van der Waals surface area contributed by atoms with Gasteiger partial charge in [0.2, 0.25) is 5.91 Å². The lowest BCUT2D eigenvalue weighted by molar-refractivity contribution is -0.115. The quantitative estimate of drug-likeness (QED) is 0.308. The molecule has 5 nitrogen and oxygen atoms in total. The molecule has 0 saturated heterocycles. The zero-order chi connectivity index (χ0) is 22.9. The lowest BCUT2D eigenvalue weighted by atomic mass is 10.1. The number of hydrogen-bond donors (Lipinski definition) is 1. The summed E-state index contributed by atoms with van der Waals surface area (Å²) >= 11 is 1.41. The summed E-state index contributed by atoms with van der Waals surface area (Å²) in [6.45, 7) is 0. The Bertz CT molecular complexity index is 1250. The number of carbonyl (C=O) groups is 1. The molecule has 4 aromatic rings. The van der Waals surface area contributed by atoms with E-state index in [1.165, 1.54) is 11.8 Å². The molecule has 0 saturated carbocycles. The molecule has 0 radical (unpaired) electrons. The molecule has 0 aliphatic heterocycles. The number of nitrogens with one attached hydrogen (secondary N) is 1. The summed E-state index contributed by atoms with van der Waals surface area (Å²) in [7, 11) is 0. The lowest BCUT2D eigenvalue weighted by Gasteiger charge is -2.09. The molecule has 6 heteroatoms. The highest BCUT2D eigenvalue weighted by molar-refractivity contribution is 7.99. The van der Waals surface area contributed by atoms with E-state index >= 15 is 0 Å². The number of thioether (sulfide) groups is 1. The molecule has 4 rings (SSSR count). The van der Waals surface area contributed by atoms with Gasteiger partial charge in [-0.2, -0.15) is 5.26 Å². The van der Waals surface area contributed by atoms with E-state index in [0.29, 0.717) is 34.2 Å². The predicted octanol–water partition coefficient (Wildman–Crippen LogP) is 6.53. The third-order valence-electron chi connectivity index (χ3n) is 4.74. The summed E-state index contributed by atoms with van der Waals surface area (Å²) in [4.78, 5) is 17.0. The molecule has 1 heterocycles. The van der Waals surface area contributed by atoms with Gasteiger partial charge in [0.15, 0.2) is 0 Å². The fourth-order valence-electron chi connectivity index (χ4n) is 3.10. The van der Waals surface area contributed by atoms with E-state index in [-0.39, 0.29) is 5.91 Å². The molecular formula is C27H21N3O2S. The number of amides is 1. The average Bonchev–Trinajstić information content (AvgIpc) is 2.86. The number of anilines is 1. The van der Waals surface area contributed by atoms with Crippen LogP contribution in [0.4, 0.5) is 5.69 Å². The van der Waals surface area contributed by atoms with Crippen molar-refractivity contribution < 1.29 is 9.53 Å². The minimum Gasteiger partial charge on any atom is -0.457 e. The molecule has 162 valence electrons. The molecule has 0 fully saturated rings. The van der Waals surface area contributed by atoms with Gasteiger partial charge >= 0.3 is 0 Å². The second kappa shape index (κ2) is 11.0. The number of benzene rings is 3. The van der Waals surface area contributed by atoms with Crippen molar-refractivity contribution in [3.8, 4) is 28.8 Å². The van der Waals surface area contributed by atoms with Crippen LogP contribution in [0.3, 0.4) is 0 Å². The molecule has 0 aliphatic rings. The first-order chi connectivity index (χ1) is 16.2. The van der Waals surface area contributed by atoms with Crippen LogP contribution in [0.15, 0.2) is 102 Å². The first kappa shape index (κ1) is 22.1. The SMILES string of the molecule is N#Cc1ccc(-c2ccccc2)nc1SCCC(=O)Nc1ccc(Oc2ccccc2)cc1. The summed E-state index contributed by atoms with van der Waals surface area (Å²) in [5.74, 6) is 1.87. The zero-order valence-corrected chi connectivity index (χ0v) is 18.6. The van der Waals surface area contributed by atoms with Crippen LogP contribution < -0.4 is 10.1 Å². The van der Waals surface area contributed by atoms with Gasteiger partial charge in [-0.1, -0.05) is 48.5 Å². The van der Waals surface area contributed by atoms with Crippen molar-refractivity contribution in [2.24, 2.45) is 0 Å². The average molecular weight is 452 g/mol. The van der Waals surface area contributed by atoms with Crippen LogP contribution in [0.25, 0.3) is 11.3 Å². The monoisotopic (exact) mass is 451 g/mol. The van der Waals surface area contributed by atoms with Crippen LogP contribution in [0.2, 0.25) is 0 Å². The molecule has 0 spiro atoms. The smallest absolute Gasteiger partial charge is 0.225 e. The molecule has 1 amide bonds. The Morgan fingerprint density at radius 3 is 2.24 bits per heavy atom. The highest BCUT2D eigenvalue weighted by Crippen LogP contribution is 2.26. The molecule has 1 aromatic heterocycles. The maximum atomic E-state index is 12.4. The van der Waals surface area contributed by atoms with Crippen molar-refractivity contribution >= 4 is 23.4 Å². The van der Waals surface area contributed by atoms with Crippen molar-refractivity contribution in [3.63, 3.8) is 0 Å². The Morgan fingerprint density at radius 2 is 1.55 bits per heavy atom. The van der Waals surface area contributed by atoms with Crippen LogP contribution >= 0.6 is 11.8 Å². The summed E-state index contributed by atoms with van der Waals surface area (Å²) in [5.41, 5.74) is 3.00. The largest absolute Gasteiger partial charge is 0.457 e. The van der Waals surface area contributed by atoms with Crippen LogP contribution in [-0.4, -0.2) is 16.6 Å². The van der Waals surface area contributed by atoms with Crippen LogP contribution in [-0.2, 0) is 4.79 Å². The van der Waals surface area contributed by atoms with Gasteiger partial charge in [-0.15, -0.1) is 11.8 Å².